The first-order valence-electron chi connectivity index (χ1n) is 18.5. The Morgan fingerprint density at radius 1 is 1.00 bits per heavy atom. The molecule has 5 heterocycles. The zero-order valence-electron chi connectivity index (χ0n) is 31.7. The molecule has 3 amide bonds. The van der Waals surface area contributed by atoms with Gasteiger partial charge in [0.2, 0.25) is 11.8 Å². The highest BCUT2D eigenvalue weighted by atomic mass is 32.1. The summed E-state index contributed by atoms with van der Waals surface area (Å²) in [5, 5.41) is 26.0. The molecule has 1 spiro atoms. The molecule has 3 aromatic rings. The molecule has 1 unspecified atom stereocenters. The van der Waals surface area contributed by atoms with Crippen molar-refractivity contribution in [3.8, 4) is 10.4 Å². The van der Waals surface area contributed by atoms with Gasteiger partial charge in [0.15, 0.2) is 0 Å². The Kier molecular flexibility index (Phi) is 12.5. The SMILES string of the molecule is CC(C)(C)N1CCC2(CCN(C(=O)O)CC2)CC1.Cc1ncsc1-c1ccc([C@H](C)NC(=O)[C@@H]2C[C@@H](O)CN2C(=O)C(c2ccno2)C(C)C)cc1. The number of benzene rings is 1. The minimum absolute atomic E-state index is 0.0541. The minimum Gasteiger partial charge on any atom is -0.465 e. The predicted octanol–water partition coefficient (Wildman–Crippen LogP) is 6.33. The number of β-amino-alcohol motifs (C(OH)–C–C–N with tert-alkyl or cyclic N) is 1. The minimum atomic E-state index is -0.753. The third kappa shape index (κ3) is 9.21. The van der Waals surface area contributed by atoms with Crippen LogP contribution in [0.1, 0.15) is 103 Å². The summed E-state index contributed by atoms with van der Waals surface area (Å²) < 4.78 is 5.26. The lowest BCUT2D eigenvalue weighted by atomic mass is 9.70. The number of nitrogens with one attached hydrogen (secondary N) is 1. The maximum Gasteiger partial charge on any atom is 0.407 e. The van der Waals surface area contributed by atoms with Crippen LogP contribution < -0.4 is 5.32 Å². The van der Waals surface area contributed by atoms with Gasteiger partial charge in [-0.05, 0) is 95.9 Å². The normalized spacial score (nSPS) is 21.8. The number of carbonyl (C=O) groups is 3. The quantitative estimate of drug-likeness (QED) is 0.253. The van der Waals surface area contributed by atoms with Gasteiger partial charge in [-0.3, -0.25) is 14.5 Å². The van der Waals surface area contributed by atoms with Crippen LogP contribution in [0, 0.1) is 18.3 Å². The van der Waals surface area contributed by atoms with Crippen LogP contribution in [0.4, 0.5) is 4.79 Å². The van der Waals surface area contributed by atoms with E-state index >= 15 is 0 Å². The van der Waals surface area contributed by atoms with Crippen molar-refractivity contribution in [2.24, 2.45) is 11.3 Å². The van der Waals surface area contributed by atoms with Crippen LogP contribution in [0.3, 0.4) is 0 Å². The summed E-state index contributed by atoms with van der Waals surface area (Å²) in [4.78, 5) is 48.6. The van der Waals surface area contributed by atoms with Gasteiger partial charge in [0.05, 0.1) is 34.4 Å². The molecule has 12 nitrogen and oxygen atoms in total. The number of likely N-dealkylation sites (tertiary alicyclic amines) is 3. The van der Waals surface area contributed by atoms with Crippen LogP contribution in [0.5, 0.6) is 0 Å². The zero-order chi connectivity index (χ0) is 37.8. The van der Waals surface area contributed by atoms with Gasteiger partial charge in [0, 0.05) is 37.7 Å². The molecule has 52 heavy (non-hydrogen) atoms. The van der Waals surface area contributed by atoms with E-state index in [1.807, 2.05) is 57.5 Å². The van der Waals surface area contributed by atoms with Crippen LogP contribution in [0.25, 0.3) is 10.4 Å². The van der Waals surface area contributed by atoms with Crippen molar-refractivity contribution in [3.05, 3.63) is 59.1 Å². The number of hydrogen-bond donors (Lipinski definition) is 3. The number of aliphatic hydroxyl groups is 1. The number of carbonyl (C=O) groups excluding carboxylic acids is 2. The van der Waals surface area contributed by atoms with Gasteiger partial charge >= 0.3 is 6.09 Å². The number of aliphatic hydroxyl groups excluding tert-OH is 1. The lowest BCUT2D eigenvalue weighted by Crippen LogP contribution is -2.52. The summed E-state index contributed by atoms with van der Waals surface area (Å²) in [6.07, 6.45) is 4.78. The average Bonchev–Trinajstić information content (AvgIpc) is 3.87. The number of amides is 3. The molecule has 3 N–H and O–H groups in total. The zero-order valence-corrected chi connectivity index (χ0v) is 32.5. The number of piperidine rings is 2. The molecule has 0 bridgehead atoms. The molecule has 0 aliphatic carbocycles. The van der Waals surface area contributed by atoms with Crippen molar-refractivity contribution >= 4 is 29.2 Å². The molecule has 0 saturated carbocycles. The third-order valence-corrected chi connectivity index (χ3v) is 12.2. The molecular formula is C39H56N6O6S. The monoisotopic (exact) mass is 736 g/mol. The van der Waals surface area contributed by atoms with Gasteiger partial charge in [-0.25, -0.2) is 9.78 Å². The highest BCUT2D eigenvalue weighted by molar-refractivity contribution is 7.13. The Morgan fingerprint density at radius 2 is 1.63 bits per heavy atom. The van der Waals surface area contributed by atoms with Crippen LogP contribution in [-0.4, -0.2) is 103 Å². The Balaban J connectivity index is 0.000000244. The van der Waals surface area contributed by atoms with Gasteiger partial charge in [0.25, 0.3) is 0 Å². The molecule has 0 radical (unpaired) electrons. The van der Waals surface area contributed by atoms with Crippen LogP contribution >= 0.6 is 11.3 Å². The van der Waals surface area contributed by atoms with E-state index in [-0.39, 0.29) is 42.3 Å². The Labute approximate surface area is 311 Å². The highest BCUT2D eigenvalue weighted by Crippen LogP contribution is 2.42. The number of carboxylic acid groups (broad SMARTS) is 1. The number of aromatic nitrogens is 2. The van der Waals surface area contributed by atoms with Crippen molar-refractivity contribution in [3.63, 3.8) is 0 Å². The van der Waals surface area contributed by atoms with Crippen LogP contribution in [-0.2, 0) is 9.59 Å². The Morgan fingerprint density at radius 3 is 2.15 bits per heavy atom. The third-order valence-electron chi connectivity index (χ3n) is 11.2. The lowest BCUT2D eigenvalue weighted by Gasteiger charge is -2.49. The summed E-state index contributed by atoms with van der Waals surface area (Å²) in [7, 11) is 0. The van der Waals surface area contributed by atoms with Crippen molar-refractivity contribution in [1.29, 1.82) is 0 Å². The van der Waals surface area contributed by atoms with E-state index in [2.05, 4.69) is 41.1 Å². The molecule has 3 fully saturated rings. The first-order valence-corrected chi connectivity index (χ1v) is 19.4. The smallest absolute Gasteiger partial charge is 0.407 e. The molecule has 3 aliphatic rings. The molecule has 13 heteroatoms. The fourth-order valence-corrected chi connectivity index (χ4v) is 8.64. The maximum atomic E-state index is 13.4. The van der Waals surface area contributed by atoms with Gasteiger partial charge in [-0.1, -0.05) is 43.3 Å². The number of hydrogen-bond acceptors (Lipinski definition) is 9. The van der Waals surface area contributed by atoms with Crippen molar-refractivity contribution in [2.75, 3.05) is 32.7 Å². The average molecular weight is 737 g/mol. The second kappa shape index (κ2) is 16.5. The molecule has 3 saturated heterocycles. The van der Waals surface area contributed by atoms with E-state index in [1.165, 1.54) is 23.9 Å². The molecule has 6 rings (SSSR count). The molecule has 4 atom stereocenters. The molecule has 1 aromatic carbocycles. The Bertz CT molecular complexity index is 1630. The van der Waals surface area contributed by atoms with Crippen molar-refractivity contribution in [2.45, 2.75) is 110 Å². The standard InChI is InChI=1S/C25H30N4O4S.C14H26N2O2/c1-14(2)22(21-9-10-27-33-21)25(32)29-12-19(30)11-20(29)24(31)28-15(3)17-5-7-18(8-6-17)23-16(4)26-13-34-23;1-13(2,3)16-10-6-14(7-11-16)4-8-15(9-5-14)12(17)18/h5-10,13-15,19-20,22,30H,11-12H2,1-4H3,(H,28,31);4-11H2,1-3H3,(H,17,18)/t15-,19+,20-,22?;/m0./s1. The van der Waals surface area contributed by atoms with Gasteiger partial charge in [0.1, 0.15) is 17.7 Å². The van der Waals surface area contributed by atoms with E-state index in [1.54, 1.807) is 22.3 Å². The van der Waals surface area contributed by atoms with Gasteiger partial charge < -0.3 is 29.9 Å². The molecular weight excluding hydrogens is 681 g/mol. The van der Waals surface area contributed by atoms with Crippen molar-refractivity contribution in [1.82, 2.24) is 30.2 Å². The second-order valence-electron chi connectivity index (χ2n) is 16.1. The second-order valence-corrected chi connectivity index (χ2v) is 16.9. The topological polar surface area (TPSA) is 152 Å². The number of aryl methyl sites for hydroxylation is 1. The molecule has 2 aromatic heterocycles. The first kappa shape index (κ1) is 39.4. The van der Waals surface area contributed by atoms with Crippen LogP contribution in [0.2, 0.25) is 0 Å². The first-order chi connectivity index (χ1) is 24.6. The fourth-order valence-electron chi connectivity index (χ4n) is 7.83. The van der Waals surface area contributed by atoms with Crippen molar-refractivity contribution < 1.29 is 29.1 Å². The van der Waals surface area contributed by atoms with E-state index in [4.69, 9.17) is 9.63 Å². The van der Waals surface area contributed by atoms with E-state index in [0.717, 1.165) is 60.7 Å². The summed E-state index contributed by atoms with van der Waals surface area (Å²) in [5.74, 6) is -0.671. The summed E-state index contributed by atoms with van der Waals surface area (Å²) in [6.45, 7) is 18.5. The number of thiazole rings is 1. The lowest BCUT2D eigenvalue weighted by molar-refractivity contribution is -0.141. The fraction of sp³-hybridized carbons (Fsp3) is 0.615. The summed E-state index contributed by atoms with van der Waals surface area (Å²) in [5.41, 5.74) is 5.56. The van der Waals surface area contributed by atoms with E-state index < -0.39 is 24.2 Å². The maximum absolute atomic E-state index is 13.4. The highest BCUT2D eigenvalue weighted by Gasteiger charge is 2.43. The molecule has 284 valence electrons. The number of nitrogens with zero attached hydrogens (tertiary/aromatic N) is 5. The van der Waals surface area contributed by atoms with Gasteiger partial charge in [-0.15, -0.1) is 11.3 Å². The Hall–Kier alpha value is -3.81. The predicted molar refractivity (Wildman–Crippen MR) is 201 cm³/mol. The summed E-state index contributed by atoms with van der Waals surface area (Å²) in [6, 6.07) is 8.71. The van der Waals surface area contributed by atoms with E-state index in [0.29, 0.717) is 11.2 Å². The van der Waals surface area contributed by atoms with Gasteiger partial charge in [-0.2, -0.15) is 0 Å². The number of rotatable bonds is 7. The summed E-state index contributed by atoms with van der Waals surface area (Å²) >= 11 is 1.60. The molecule has 3 aliphatic heterocycles. The van der Waals surface area contributed by atoms with E-state index in [9.17, 15) is 19.5 Å². The van der Waals surface area contributed by atoms with Crippen LogP contribution in [0.15, 0.2) is 46.6 Å². The largest absolute Gasteiger partial charge is 0.465 e.